The minimum atomic E-state index is -0.243. The first-order valence-electron chi connectivity index (χ1n) is 8.57. The Morgan fingerprint density at radius 1 is 1.25 bits per heavy atom. The molecule has 2 N–H and O–H groups in total. The molecule has 0 radical (unpaired) electrons. The van der Waals surface area contributed by atoms with Gasteiger partial charge in [0.25, 0.3) is 0 Å². The van der Waals surface area contributed by atoms with E-state index in [1.807, 2.05) is 4.68 Å². The number of aliphatic hydroxyl groups excluding tert-OH is 1. The van der Waals surface area contributed by atoms with E-state index in [0.29, 0.717) is 12.5 Å². The van der Waals surface area contributed by atoms with Crippen molar-refractivity contribution in [3.05, 3.63) is 41.5 Å². The van der Waals surface area contributed by atoms with Crippen LogP contribution in [0.2, 0.25) is 0 Å². The molecule has 0 spiro atoms. The van der Waals surface area contributed by atoms with E-state index in [1.54, 1.807) is 12.1 Å². The van der Waals surface area contributed by atoms with E-state index in [4.69, 9.17) is 0 Å². The van der Waals surface area contributed by atoms with Gasteiger partial charge in [-0.2, -0.15) is 0 Å². The predicted molar refractivity (Wildman–Crippen MR) is 86.8 cm³/mol. The number of rotatable bonds is 5. The topological polar surface area (TPSA) is 68.3 Å². The van der Waals surface area contributed by atoms with Gasteiger partial charge in [-0.1, -0.05) is 26.0 Å². The van der Waals surface area contributed by atoms with Crippen molar-refractivity contribution < 1.29 is 14.4 Å². The van der Waals surface area contributed by atoms with Crippen LogP contribution in [0.4, 0.5) is 4.39 Å². The molecule has 1 aliphatic heterocycles. The highest BCUT2D eigenvalue weighted by Gasteiger charge is 2.35. The van der Waals surface area contributed by atoms with Gasteiger partial charge < -0.3 is 10.0 Å². The first-order chi connectivity index (χ1) is 11.5. The van der Waals surface area contributed by atoms with Crippen LogP contribution in [-0.4, -0.2) is 44.5 Å². The summed E-state index contributed by atoms with van der Waals surface area (Å²) in [4.78, 5) is 1.42. The third-order valence-corrected chi connectivity index (χ3v) is 4.79. The number of tetrazole rings is 1. The van der Waals surface area contributed by atoms with E-state index in [2.05, 4.69) is 29.4 Å². The number of hydrogen-bond donors (Lipinski definition) is 2. The number of quaternary nitrogens is 1. The molecule has 0 aliphatic carbocycles. The second-order valence-corrected chi connectivity index (χ2v) is 6.93. The molecule has 0 unspecified atom stereocenters. The van der Waals surface area contributed by atoms with Crippen molar-refractivity contribution in [1.29, 1.82) is 0 Å². The van der Waals surface area contributed by atoms with Crippen molar-refractivity contribution in [3.63, 3.8) is 0 Å². The molecular formula is C17H25FN5O+. The van der Waals surface area contributed by atoms with Crippen LogP contribution in [0.3, 0.4) is 0 Å². The maximum absolute atomic E-state index is 13.1. The Hall–Kier alpha value is -1.86. The maximum atomic E-state index is 13.1. The highest BCUT2D eigenvalue weighted by molar-refractivity contribution is 5.16. The lowest BCUT2D eigenvalue weighted by atomic mass is 9.97. The molecule has 0 bridgehead atoms. The third-order valence-electron chi connectivity index (χ3n) is 4.79. The smallest absolute Gasteiger partial charge is 0.209 e. The predicted octanol–water partition coefficient (Wildman–Crippen LogP) is 0.597. The van der Waals surface area contributed by atoms with Crippen molar-refractivity contribution in [2.75, 3.05) is 13.1 Å². The largest absolute Gasteiger partial charge is 0.393 e. The minimum Gasteiger partial charge on any atom is -0.393 e. The van der Waals surface area contributed by atoms with Crippen LogP contribution in [0.25, 0.3) is 0 Å². The number of nitrogens with zero attached hydrogens (tertiary/aromatic N) is 4. The van der Waals surface area contributed by atoms with Crippen LogP contribution < -0.4 is 4.90 Å². The monoisotopic (exact) mass is 334 g/mol. The first-order valence-corrected chi connectivity index (χ1v) is 8.57. The van der Waals surface area contributed by atoms with Crippen molar-refractivity contribution in [2.45, 2.75) is 45.4 Å². The van der Waals surface area contributed by atoms with Crippen molar-refractivity contribution in [2.24, 2.45) is 5.92 Å². The van der Waals surface area contributed by atoms with Crippen LogP contribution in [0.5, 0.6) is 0 Å². The Kier molecular flexibility index (Phi) is 5.20. The van der Waals surface area contributed by atoms with Crippen molar-refractivity contribution >= 4 is 0 Å². The average Bonchev–Trinajstić information content (AvgIpc) is 2.99. The zero-order chi connectivity index (χ0) is 17.1. The zero-order valence-corrected chi connectivity index (χ0v) is 14.2. The number of nitrogens with one attached hydrogen (secondary N) is 1. The van der Waals surface area contributed by atoms with Gasteiger partial charge in [0.15, 0.2) is 6.04 Å². The number of benzene rings is 1. The summed E-state index contributed by atoms with van der Waals surface area (Å²) >= 11 is 0. The lowest BCUT2D eigenvalue weighted by Crippen LogP contribution is -3.14. The Balaban J connectivity index is 1.81. The fraction of sp³-hybridized carbons (Fsp3) is 0.588. The Labute approximate surface area is 141 Å². The van der Waals surface area contributed by atoms with E-state index in [1.165, 1.54) is 17.0 Å². The van der Waals surface area contributed by atoms with Crippen LogP contribution in [0, 0.1) is 11.7 Å². The van der Waals surface area contributed by atoms with E-state index >= 15 is 0 Å². The maximum Gasteiger partial charge on any atom is 0.209 e. The summed E-state index contributed by atoms with van der Waals surface area (Å²) in [5.41, 5.74) is 0.969. The standard InChI is InChI=1S/C17H24FN5O/c1-12(2)16(22-9-7-15(24)8-10-22)17-19-20-21-23(17)11-13-3-5-14(18)6-4-13/h3-6,12,15-16,24H,7-11H2,1-2H3/p+1/t16-/m1/s1. The van der Waals surface area contributed by atoms with Crippen LogP contribution in [0.15, 0.2) is 24.3 Å². The van der Waals surface area contributed by atoms with Gasteiger partial charge in [-0.15, -0.1) is 5.10 Å². The number of likely N-dealkylation sites (tertiary alicyclic amines) is 1. The van der Waals surface area contributed by atoms with Gasteiger partial charge in [-0.05, 0) is 28.1 Å². The second kappa shape index (κ2) is 7.36. The molecule has 1 aromatic heterocycles. The molecule has 1 aliphatic rings. The molecular weight excluding hydrogens is 309 g/mol. The van der Waals surface area contributed by atoms with E-state index in [9.17, 15) is 9.50 Å². The molecule has 0 amide bonds. The van der Waals surface area contributed by atoms with Gasteiger partial charge in [0.2, 0.25) is 5.82 Å². The van der Waals surface area contributed by atoms with E-state index in [-0.39, 0.29) is 18.0 Å². The number of piperidine rings is 1. The summed E-state index contributed by atoms with van der Waals surface area (Å²) < 4.78 is 14.9. The van der Waals surface area contributed by atoms with Gasteiger partial charge in [0.1, 0.15) is 5.82 Å². The molecule has 1 aromatic carbocycles. The van der Waals surface area contributed by atoms with Crippen LogP contribution >= 0.6 is 0 Å². The number of halogens is 1. The van der Waals surface area contributed by atoms with Gasteiger partial charge in [-0.25, -0.2) is 9.07 Å². The second-order valence-electron chi connectivity index (χ2n) is 6.93. The summed E-state index contributed by atoms with van der Waals surface area (Å²) in [5.74, 6) is 1.00. The molecule has 6 nitrogen and oxygen atoms in total. The molecule has 1 fully saturated rings. The van der Waals surface area contributed by atoms with Crippen molar-refractivity contribution in [3.8, 4) is 0 Å². The number of aromatic nitrogens is 4. The van der Waals surface area contributed by atoms with E-state index < -0.39 is 0 Å². The number of aliphatic hydroxyl groups is 1. The summed E-state index contributed by atoms with van der Waals surface area (Å²) in [6.45, 7) is 6.74. The summed E-state index contributed by atoms with van der Waals surface area (Å²) in [6, 6.07) is 6.62. The van der Waals surface area contributed by atoms with Gasteiger partial charge in [0, 0.05) is 18.8 Å². The summed E-state index contributed by atoms with van der Waals surface area (Å²) in [5, 5.41) is 22.1. The van der Waals surface area contributed by atoms with Gasteiger partial charge >= 0.3 is 0 Å². The fourth-order valence-corrected chi connectivity index (χ4v) is 3.55. The molecule has 2 aromatic rings. The molecule has 2 heterocycles. The van der Waals surface area contributed by atoms with E-state index in [0.717, 1.165) is 37.3 Å². The normalized spacial score (nSPS) is 22.7. The molecule has 130 valence electrons. The first kappa shape index (κ1) is 17.0. The molecule has 1 saturated heterocycles. The average molecular weight is 334 g/mol. The molecule has 24 heavy (non-hydrogen) atoms. The zero-order valence-electron chi connectivity index (χ0n) is 14.2. The molecule has 0 saturated carbocycles. The SMILES string of the molecule is CC(C)[C@H](c1nnnn1Cc1ccc(F)cc1)[NH+]1CCC(O)CC1. The highest BCUT2D eigenvalue weighted by atomic mass is 19.1. The Morgan fingerprint density at radius 3 is 2.54 bits per heavy atom. The lowest BCUT2D eigenvalue weighted by molar-refractivity contribution is -0.941. The Morgan fingerprint density at radius 2 is 1.92 bits per heavy atom. The highest BCUT2D eigenvalue weighted by Crippen LogP contribution is 2.18. The third kappa shape index (κ3) is 3.79. The fourth-order valence-electron chi connectivity index (χ4n) is 3.55. The summed E-state index contributed by atoms with van der Waals surface area (Å²) in [7, 11) is 0. The number of hydrogen-bond acceptors (Lipinski definition) is 4. The molecule has 1 atom stereocenters. The quantitative estimate of drug-likeness (QED) is 0.840. The Bertz CT molecular complexity index is 649. The van der Waals surface area contributed by atoms with Crippen LogP contribution in [-0.2, 0) is 6.54 Å². The molecule has 3 rings (SSSR count). The molecule has 7 heteroatoms. The van der Waals surface area contributed by atoms with Gasteiger partial charge in [0.05, 0.1) is 25.7 Å². The van der Waals surface area contributed by atoms with Gasteiger partial charge in [-0.3, -0.25) is 0 Å². The lowest BCUT2D eigenvalue weighted by Gasteiger charge is -2.34. The van der Waals surface area contributed by atoms with Crippen molar-refractivity contribution in [1.82, 2.24) is 20.2 Å². The minimum absolute atomic E-state index is 0.184. The van der Waals surface area contributed by atoms with Crippen LogP contribution in [0.1, 0.15) is 44.1 Å². The summed E-state index contributed by atoms with van der Waals surface area (Å²) in [6.07, 6.45) is 1.45.